The molecule has 3 rings (SSSR count). The van der Waals surface area contributed by atoms with Gasteiger partial charge in [-0.25, -0.2) is 4.79 Å². The summed E-state index contributed by atoms with van der Waals surface area (Å²) in [5, 5.41) is 10.5. The highest BCUT2D eigenvalue weighted by Crippen LogP contribution is 2.36. The minimum Gasteiger partial charge on any atom is -0.477 e. The van der Waals surface area contributed by atoms with Gasteiger partial charge in [-0.05, 0) is 26.0 Å². The Balaban J connectivity index is 0.00000176. The third-order valence-corrected chi connectivity index (χ3v) is 4.36. The fourth-order valence-corrected chi connectivity index (χ4v) is 3.23. The van der Waals surface area contributed by atoms with Crippen molar-refractivity contribution in [3.05, 3.63) is 47.2 Å². The predicted molar refractivity (Wildman–Crippen MR) is 90.9 cm³/mol. The zero-order chi connectivity index (χ0) is 15.0. The Bertz CT molecular complexity index is 721. The van der Waals surface area contributed by atoms with Crippen molar-refractivity contribution >= 4 is 29.3 Å². The van der Waals surface area contributed by atoms with E-state index in [2.05, 4.69) is 29.9 Å². The monoisotopic (exact) mass is 320 g/mol. The lowest BCUT2D eigenvalue weighted by atomic mass is 9.93. The number of likely N-dealkylation sites (N-methyl/N-ethyl adjacent to an activating group) is 1. The summed E-state index contributed by atoms with van der Waals surface area (Å²) in [6.45, 7) is 3.06. The molecule has 0 aliphatic carbocycles. The molecule has 0 saturated heterocycles. The van der Waals surface area contributed by atoms with Crippen molar-refractivity contribution in [3.63, 3.8) is 0 Å². The molecule has 2 N–H and O–H groups in total. The Morgan fingerprint density at radius 2 is 2.14 bits per heavy atom. The molecule has 0 spiro atoms. The summed E-state index contributed by atoms with van der Waals surface area (Å²) in [7, 11) is 2.07. The van der Waals surface area contributed by atoms with Crippen LogP contribution in [0.3, 0.4) is 0 Å². The van der Waals surface area contributed by atoms with Crippen LogP contribution in [0.25, 0.3) is 10.9 Å². The van der Waals surface area contributed by atoms with Crippen molar-refractivity contribution in [3.8, 4) is 0 Å². The van der Waals surface area contributed by atoms with Gasteiger partial charge in [0.2, 0.25) is 0 Å². The van der Waals surface area contributed by atoms with E-state index in [1.807, 2.05) is 24.3 Å². The number of halogens is 1. The topological polar surface area (TPSA) is 56.3 Å². The van der Waals surface area contributed by atoms with E-state index in [1.54, 1.807) is 0 Å². The number of carboxylic acids is 1. The average molecular weight is 321 g/mol. The van der Waals surface area contributed by atoms with E-state index in [-0.39, 0.29) is 18.4 Å². The van der Waals surface area contributed by atoms with E-state index in [4.69, 9.17) is 0 Å². The van der Waals surface area contributed by atoms with Crippen LogP contribution in [0.5, 0.6) is 0 Å². The SMILES string of the molecule is CCC1=CCC(c2c(C(=O)O)[nH]c3ccccc23)N(C)C1.Cl. The summed E-state index contributed by atoms with van der Waals surface area (Å²) in [5.74, 6) is -0.889. The van der Waals surface area contributed by atoms with Gasteiger partial charge in [-0.2, -0.15) is 0 Å². The fourth-order valence-electron chi connectivity index (χ4n) is 3.23. The number of nitrogens with zero attached hydrogens (tertiary/aromatic N) is 1. The molecular formula is C17H21ClN2O2. The van der Waals surface area contributed by atoms with Crippen LogP contribution in [0.2, 0.25) is 0 Å². The van der Waals surface area contributed by atoms with Crippen molar-refractivity contribution in [1.82, 2.24) is 9.88 Å². The molecule has 118 valence electrons. The minimum absolute atomic E-state index is 0. The molecule has 1 atom stereocenters. The number of benzene rings is 1. The van der Waals surface area contributed by atoms with Gasteiger partial charge in [-0.1, -0.05) is 36.8 Å². The summed E-state index contributed by atoms with van der Waals surface area (Å²) < 4.78 is 0. The molecule has 1 aliphatic heterocycles. The number of para-hydroxylation sites is 1. The largest absolute Gasteiger partial charge is 0.477 e. The van der Waals surface area contributed by atoms with Crippen LogP contribution in [0.1, 0.15) is 41.9 Å². The number of carboxylic acid groups (broad SMARTS) is 1. The summed E-state index contributed by atoms with van der Waals surface area (Å²) in [4.78, 5) is 16.9. The first-order valence-corrected chi connectivity index (χ1v) is 7.33. The third kappa shape index (κ3) is 2.76. The highest BCUT2D eigenvalue weighted by atomic mass is 35.5. The Hall–Kier alpha value is -1.78. The maximum Gasteiger partial charge on any atom is 0.352 e. The number of aromatic carboxylic acids is 1. The molecule has 1 aromatic heterocycles. The van der Waals surface area contributed by atoms with Crippen molar-refractivity contribution in [2.24, 2.45) is 0 Å². The molecule has 5 heteroatoms. The Morgan fingerprint density at radius 1 is 1.41 bits per heavy atom. The van der Waals surface area contributed by atoms with Gasteiger partial charge in [0.1, 0.15) is 5.69 Å². The highest BCUT2D eigenvalue weighted by Gasteiger charge is 2.28. The fraction of sp³-hybridized carbons (Fsp3) is 0.353. The summed E-state index contributed by atoms with van der Waals surface area (Å²) in [5.41, 5.74) is 3.54. The molecule has 0 radical (unpaired) electrons. The summed E-state index contributed by atoms with van der Waals surface area (Å²) in [6.07, 6.45) is 4.18. The number of fused-ring (bicyclic) bond motifs is 1. The summed E-state index contributed by atoms with van der Waals surface area (Å²) in [6, 6.07) is 7.93. The molecule has 0 bridgehead atoms. The average Bonchev–Trinajstić information content (AvgIpc) is 2.86. The first kappa shape index (κ1) is 16.6. The van der Waals surface area contributed by atoms with Crippen molar-refractivity contribution < 1.29 is 9.90 Å². The maximum atomic E-state index is 11.6. The van der Waals surface area contributed by atoms with Crippen molar-refractivity contribution in [2.45, 2.75) is 25.8 Å². The second-order valence-corrected chi connectivity index (χ2v) is 5.65. The standard InChI is InChI=1S/C17H20N2O2.ClH/c1-3-11-8-9-14(19(2)10-11)15-12-6-4-5-7-13(12)18-16(15)17(20)21;/h4-8,14,18H,3,9-10H2,1-2H3,(H,20,21);1H. The molecule has 0 fully saturated rings. The number of rotatable bonds is 3. The third-order valence-electron chi connectivity index (χ3n) is 4.36. The lowest BCUT2D eigenvalue weighted by Crippen LogP contribution is -2.30. The number of carbonyl (C=O) groups is 1. The number of nitrogens with one attached hydrogen (secondary N) is 1. The second-order valence-electron chi connectivity index (χ2n) is 5.65. The van der Waals surface area contributed by atoms with Gasteiger partial charge in [0, 0.05) is 29.1 Å². The Morgan fingerprint density at radius 3 is 2.77 bits per heavy atom. The molecule has 2 heterocycles. The first-order chi connectivity index (χ1) is 10.1. The van der Waals surface area contributed by atoms with E-state index in [0.717, 1.165) is 35.9 Å². The number of hydrogen-bond acceptors (Lipinski definition) is 2. The molecule has 0 amide bonds. The molecule has 4 nitrogen and oxygen atoms in total. The smallest absolute Gasteiger partial charge is 0.352 e. The molecule has 1 unspecified atom stereocenters. The maximum absolute atomic E-state index is 11.6. The van der Waals surface area contributed by atoms with Gasteiger partial charge >= 0.3 is 5.97 Å². The second kappa shape index (κ2) is 6.55. The van der Waals surface area contributed by atoms with Crippen molar-refractivity contribution in [1.29, 1.82) is 0 Å². The number of aromatic amines is 1. The molecule has 0 saturated carbocycles. The van der Waals surface area contributed by atoms with E-state index in [0.29, 0.717) is 5.69 Å². The zero-order valence-corrected chi connectivity index (χ0v) is 13.6. The number of hydrogen-bond donors (Lipinski definition) is 2. The van der Waals surface area contributed by atoms with Crippen LogP contribution in [0.15, 0.2) is 35.9 Å². The van der Waals surface area contributed by atoms with Gasteiger partial charge < -0.3 is 10.1 Å². The predicted octanol–water partition coefficient (Wildman–Crippen LogP) is 4.00. The van der Waals surface area contributed by atoms with Gasteiger partial charge in [0.05, 0.1) is 0 Å². The van der Waals surface area contributed by atoms with E-state index in [9.17, 15) is 9.90 Å². The molecule has 22 heavy (non-hydrogen) atoms. The minimum atomic E-state index is -0.889. The van der Waals surface area contributed by atoms with E-state index >= 15 is 0 Å². The number of H-pyrrole nitrogens is 1. The first-order valence-electron chi connectivity index (χ1n) is 7.33. The lowest BCUT2D eigenvalue weighted by molar-refractivity contribution is 0.0687. The molecular weight excluding hydrogens is 300 g/mol. The Kier molecular flexibility index (Phi) is 4.94. The Labute approximate surface area is 136 Å². The van der Waals surface area contributed by atoms with Crippen LogP contribution in [0, 0.1) is 0 Å². The molecule has 1 aliphatic rings. The normalized spacial score (nSPS) is 18.8. The highest BCUT2D eigenvalue weighted by molar-refractivity contribution is 5.97. The zero-order valence-electron chi connectivity index (χ0n) is 12.8. The van der Waals surface area contributed by atoms with Crippen LogP contribution in [-0.2, 0) is 0 Å². The van der Waals surface area contributed by atoms with Gasteiger partial charge in [0.25, 0.3) is 0 Å². The van der Waals surface area contributed by atoms with Gasteiger partial charge in [-0.3, -0.25) is 4.90 Å². The van der Waals surface area contributed by atoms with Gasteiger partial charge in [0.15, 0.2) is 0 Å². The van der Waals surface area contributed by atoms with Gasteiger partial charge in [-0.15, -0.1) is 12.4 Å². The quantitative estimate of drug-likeness (QED) is 0.840. The number of aromatic nitrogens is 1. The van der Waals surface area contributed by atoms with E-state index < -0.39 is 5.97 Å². The van der Waals surface area contributed by atoms with Crippen LogP contribution in [0.4, 0.5) is 0 Å². The van der Waals surface area contributed by atoms with Crippen LogP contribution >= 0.6 is 12.4 Å². The van der Waals surface area contributed by atoms with E-state index in [1.165, 1.54) is 5.57 Å². The van der Waals surface area contributed by atoms with Crippen LogP contribution in [-0.4, -0.2) is 34.6 Å². The molecule has 1 aromatic carbocycles. The summed E-state index contributed by atoms with van der Waals surface area (Å²) >= 11 is 0. The van der Waals surface area contributed by atoms with Crippen molar-refractivity contribution in [2.75, 3.05) is 13.6 Å². The van der Waals surface area contributed by atoms with Crippen LogP contribution < -0.4 is 0 Å². The molecule has 2 aromatic rings. The lowest BCUT2D eigenvalue weighted by Gasteiger charge is -2.32.